The van der Waals surface area contributed by atoms with Crippen LogP contribution in [0.2, 0.25) is 0 Å². The highest BCUT2D eigenvalue weighted by molar-refractivity contribution is 6.00. The van der Waals surface area contributed by atoms with Crippen molar-refractivity contribution >= 4 is 11.8 Å². The van der Waals surface area contributed by atoms with E-state index in [1.807, 2.05) is 71.8 Å². The molecule has 2 fully saturated rings. The van der Waals surface area contributed by atoms with Crippen LogP contribution in [-0.2, 0) is 4.79 Å². The second-order valence-electron chi connectivity index (χ2n) is 9.88. The highest BCUT2D eigenvalue weighted by atomic mass is 16.2. The van der Waals surface area contributed by atoms with E-state index in [-0.39, 0.29) is 11.8 Å². The molecule has 2 amide bonds. The van der Waals surface area contributed by atoms with E-state index in [0.717, 1.165) is 36.9 Å². The molecule has 0 atom stereocenters. The van der Waals surface area contributed by atoms with E-state index in [1.54, 1.807) is 4.68 Å². The van der Waals surface area contributed by atoms with Gasteiger partial charge in [0.05, 0.1) is 11.3 Å². The molecule has 3 aromatic rings. The van der Waals surface area contributed by atoms with Gasteiger partial charge in [0.2, 0.25) is 5.91 Å². The number of carbonyl (C=O) groups is 2. The zero-order valence-corrected chi connectivity index (χ0v) is 20.2. The Hall–Kier alpha value is -3.41. The number of amides is 2. The molecule has 1 saturated carbocycles. The lowest BCUT2D eigenvalue weighted by atomic mass is 9.91. The molecule has 1 N–H and O–H groups in total. The van der Waals surface area contributed by atoms with Gasteiger partial charge in [0.15, 0.2) is 0 Å². The van der Waals surface area contributed by atoms with Gasteiger partial charge in [0.25, 0.3) is 5.91 Å². The zero-order valence-electron chi connectivity index (χ0n) is 20.2. The number of likely N-dealkylation sites (tertiary alicyclic amines) is 1. The van der Waals surface area contributed by atoms with Gasteiger partial charge in [-0.15, -0.1) is 0 Å². The summed E-state index contributed by atoms with van der Waals surface area (Å²) in [5.74, 6) is 0.525. The molecule has 35 heavy (non-hydrogen) atoms. The predicted octanol–water partition coefficient (Wildman–Crippen LogP) is 5.23. The van der Waals surface area contributed by atoms with Crippen molar-refractivity contribution in [3.8, 4) is 16.9 Å². The second-order valence-corrected chi connectivity index (χ2v) is 9.88. The summed E-state index contributed by atoms with van der Waals surface area (Å²) in [7, 11) is 0. The fourth-order valence-corrected chi connectivity index (χ4v) is 5.36. The van der Waals surface area contributed by atoms with Crippen molar-refractivity contribution in [2.24, 2.45) is 5.92 Å². The van der Waals surface area contributed by atoms with E-state index in [0.29, 0.717) is 42.7 Å². The van der Waals surface area contributed by atoms with Crippen molar-refractivity contribution in [1.82, 2.24) is 20.0 Å². The van der Waals surface area contributed by atoms with Crippen LogP contribution in [0.1, 0.15) is 61.7 Å². The Labute approximate surface area is 207 Å². The molecule has 0 unspecified atom stereocenters. The van der Waals surface area contributed by atoms with E-state index in [1.165, 1.54) is 19.3 Å². The van der Waals surface area contributed by atoms with Gasteiger partial charge in [-0.1, -0.05) is 67.8 Å². The minimum absolute atomic E-state index is 0.0103. The van der Waals surface area contributed by atoms with Gasteiger partial charge in [0.1, 0.15) is 5.69 Å². The molecule has 6 nitrogen and oxygen atoms in total. The monoisotopic (exact) mass is 470 g/mol. The molecule has 2 heterocycles. The Morgan fingerprint density at radius 2 is 1.51 bits per heavy atom. The van der Waals surface area contributed by atoms with Crippen molar-refractivity contribution in [2.45, 2.75) is 57.4 Å². The van der Waals surface area contributed by atoms with Crippen LogP contribution in [0.25, 0.3) is 16.9 Å². The summed E-state index contributed by atoms with van der Waals surface area (Å²) in [4.78, 5) is 28.1. The van der Waals surface area contributed by atoms with E-state index >= 15 is 0 Å². The van der Waals surface area contributed by atoms with Gasteiger partial charge in [-0.05, 0) is 43.7 Å². The van der Waals surface area contributed by atoms with Crippen molar-refractivity contribution < 1.29 is 9.59 Å². The summed E-state index contributed by atoms with van der Waals surface area (Å²) in [6.07, 6.45) is 10.1. The Balaban J connectivity index is 1.25. The van der Waals surface area contributed by atoms with Crippen LogP contribution in [0.4, 0.5) is 0 Å². The van der Waals surface area contributed by atoms with E-state index < -0.39 is 0 Å². The summed E-state index contributed by atoms with van der Waals surface area (Å²) in [5.41, 5.74) is 3.17. The number of piperidine rings is 1. The Kier molecular flexibility index (Phi) is 7.26. The van der Waals surface area contributed by atoms with Crippen molar-refractivity contribution in [3.05, 3.63) is 72.4 Å². The average Bonchev–Trinajstić information content (AvgIpc) is 3.36. The standard InChI is InChI=1S/C29H34N4O2/c34-27(30-24-12-6-2-7-13-24)20-22-16-18-32(19-17-22)29(35)26-21-33(25-14-8-3-9-15-25)31-28(26)23-10-4-1-5-11-23/h1,3-5,8-11,14-15,21-22,24H,2,6-7,12-13,16-20H2,(H,30,34). The van der Waals surface area contributed by atoms with Crippen molar-refractivity contribution in [2.75, 3.05) is 13.1 Å². The molecule has 6 heteroatoms. The smallest absolute Gasteiger partial charge is 0.257 e. The first-order valence-corrected chi connectivity index (χ1v) is 13.0. The fourth-order valence-electron chi connectivity index (χ4n) is 5.36. The van der Waals surface area contributed by atoms with Gasteiger partial charge in [-0.25, -0.2) is 4.68 Å². The third-order valence-corrected chi connectivity index (χ3v) is 7.36. The summed E-state index contributed by atoms with van der Waals surface area (Å²) in [5, 5.41) is 8.03. The van der Waals surface area contributed by atoms with Gasteiger partial charge in [0, 0.05) is 37.3 Å². The number of hydrogen-bond donors (Lipinski definition) is 1. The maximum Gasteiger partial charge on any atom is 0.257 e. The first kappa shape index (κ1) is 23.3. The number of para-hydroxylation sites is 1. The number of carbonyl (C=O) groups excluding carboxylic acids is 2. The third kappa shape index (κ3) is 5.64. The maximum atomic E-state index is 13.6. The third-order valence-electron chi connectivity index (χ3n) is 7.36. The number of nitrogens with one attached hydrogen (secondary N) is 1. The molecule has 1 aliphatic heterocycles. The summed E-state index contributed by atoms with van der Waals surface area (Å²) < 4.78 is 1.79. The SMILES string of the molecule is O=C(CC1CCN(C(=O)c2cn(-c3ccccc3)nc2-c2ccccc2)CC1)NC1CCCCC1. The quantitative estimate of drug-likeness (QED) is 0.536. The number of rotatable bonds is 6. The van der Waals surface area contributed by atoms with E-state index in [9.17, 15) is 9.59 Å². The highest BCUT2D eigenvalue weighted by Crippen LogP contribution is 2.28. The van der Waals surface area contributed by atoms with E-state index in [4.69, 9.17) is 5.10 Å². The Morgan fingerprint density at radius 1 is 0.857 bits per heavy atom. The molecule has 5 rings (SSSR count). The molecule has 1 aliphatic carbocycles. The minimum atomic E-state index is 0.0103. The van der Waals surface area contributed by atoms with Crippen LogP contribution in [0.5, 0.6) is 0 Å². The van der Waals surface area contributed by atoms with E-state index in [2.05, 4.69) is 5.32 Å². The van der Waals surface area contributed by atoms with Crippen molar-refractivity contribution in [3.63, 3.8) is 0 Å². The first-order valence-electron chi connectivity index (χ1n) is 13.0. The summed E-state index contributed by atoms with van der Waals surface area (Å²) >= 11 is 0. The molecule has 2 aliphatic rings. The molecule has 0 radical (unpaired) electrons. The molecule has 0 bridgehead atoms. The van der Waals surface area contributed by atoms with Crippen LogP contribution in [0.15, 0.2) is 66.9 Å². The largest absolute Gasteiger partial charge is 0.353 e. The van der Waals surface area contributed by atoms with Crippen LogP contribution >= 0.6 is 0 Å². The van der Waals surface area contributed by atoms with Crippen molar-refractivity contribution in [1.29, 1.82) is 0 Å². The Bertz CT molecular complexity index is 1130. The predicted molar refractivity (Wildman–Crippen MR) is 137 cm³/mol. The lowest BCUT2D eigenvalue weighted by molar-refractivity contribution is -0.123. The highest BCUT2D eigenvalue weighted by Gasteiger charge is 2.29. The van der Waals surface area contributed by atoms with Gasteiger partial charge < -0.3 is 10.2 Å². The van der Waals surface area contributed by atoms with Crippen LogP contribution < -0.4 is 5.32 Å². The van der Waals surface area contributed by atoms with Crippen LogP contribution in [0, 0.1) is 5.92 Å². The normalized spacial score (nSPS) is 17.3. The second kappa shape index (κ2) is 10.9. The lowest BCUT2D eigenvalue weighted by Crippen LogP contribution is -2.41. The zero-order chi connectivity index (χ0) is 24.0. The molecule has 0 spiro atoms. The number of benzene rings is 2. The maximum absolute atomic E-state index is 13.6. The molecular weight excluding hydrogens is 436 g/mol. The Morgan fingerprint density at radius 3 is 2.20 bits per heavy atom. The molecule has 182 valence electrons. The van der Waals surface area contributed by atoms with Gasteiger partial charge in [-0.2, -0.15) is 5.10 Å². The van der Waals surface area contributed by atoms with Crippen LogP contribution in [0.3, 0.4) is 0 Å². The molecule has 2 aromatic carbocycles. The number of nitrogens with zero attached hydrogens (tertiary/aromatic N) is 3. The van der Waals surface area contributed by atoms with Gasteiger partial charge in [-0.3, -0.25) is 9.59 Å². The van der Waals surface area contributed by atoms with Crippen LogP contribution in [-0.4, -0.2) is 45.6 Å². The summed E-state index contributed by atoms with van der Waals surface area (Å²) in [6, 6.07) is 20.1. The first-order chi connectivity index (χ1) is 17.2. The average molecular weight is 471 g/mol. The minimum Gasteiger partial charge on any atom is -0.353 e. The summed E-state index contributed by atoms with van der Waals surface area (Å²) in [6.45, 7) is 1.34. The number of aromatic nitrogens is 2. The molecular formula is C29H34N4O2. The van der Waals surface area contributed by atoms with Gasteiger partial charge >= 0.3 is 0 Å². The fraction of sp³-hybridized carbons (Fsp3) is 0.414. The molecule has 1 aromatic heterocycles. The molecule has 1 saturated heterocycles. The number of hydrogen-bond acceptors (Lipinski definition) is 3. The lowest BCUT2D eigenvalue weighted by Gasteiger charge is -2.32. The topological polar surface area (TPSA) is 67.2 Å².